The Morgan fingerprint density at radius 1 is 1.19 bits per heavy atom. The zero-order chi connectivity index (χ0) is 18.2. The van der Waals surface area contributed by atoms with Crippen molar-refractivity contribution in [3.63, 3.8) is 0 Å². The van der Waals surface area contributed by atoms with Crippen LogP contribution in [0, 0.1) is 0 Å². The second-order valence-electron chi connectivity index (χ2n) is 6.66. The molecule has 0 radical (unpaired) electrons. The van der Waals surface area contributed by atoms with E-state index in [9.17, 15) is 5.11 Å². The van der Waals surface area contributed by atoms with E-state index in [1.165, 1.54) is 5.56 Å². The molecule has 1 N–H and O–H groups in total. The third-order valence-corrected chi connectivity index (χ3v) is 6.54. The second kappa shape index (κ2) is 6.96. The third-order valence-electron chi connectivity index (χ3n) is 4.72. The highest BCUT2D eigenvalue weighted by molar-refractivity contribution is 7.21. The zero-order valence-corrected chi connectivity index (χ0v) is 16.2. The number of benzene rings is 2. The van der Waals surface area contributed by atoms with E-state index in [4.69, 9.17) is 9.72 Å². The molecule has 0 saturated heterocycles. The molecule has 136 valence electrons. The van der Waals surface area contributed by atoms with E-state index < -0.39 is 0 Å². The van der Waals surface area contributed by atoms with Crippen LogP contribution in [0.4, 0.5) is 0 Å². The average molecular weight is 395 g/mol. The van der Waals surface area contributed by atoms with Crippen LogP contribution in [0.2, 0.25) is 0 Å². The summed E-state index contributed by atoms with van der Waals surface area (Å²) in [6, 6.07) is 14.2. The van der Waals surface area contributed by atoms with Crippen LogP contribution in [0.15, 0.2) is 53.2 Å². The number of thiazole rings is 1. The Morgan fingerprint density at radius 2 is 2.11 bits per heavy atom. The predicted molar refractivity (Wildman–Crippen MR) is 111 cm³/mol. The van der Waals surface area contributed by atoms with Gasteiger partial charge in [-0.15, -0.1) is 11.3 Å². The number of thiophene rings is 1. The molecule has 0 spiro atoms. The molecule has 6 heteroatoms. The van der Waals surface area contributed by atoms with Crippen molar-refractivity contribution >= 4 is 32.9 Å². The number of phenolic OH excluding ortho intramolecular Hbond substituents is 1. The fraction of sp³-hybridized carbons (Fsp3) is 0.190. The van der Waals surface area contributed by atoms with Gasteiger partial charge in [0.25, 0.3) is 0 Å². The molecule has 4 nitrogen and oxygen atoms in total. The summed E-state index contributed by atoms with van der Waals surface area (Å²) in [6.45, 7) is 3.04. The summed E-state index contributed by atoms with van der Waals surface area (Å²) in [7, 11) is 0. The average Bonchev–Trinajstić information content (AvgIpc) is 3.28. The number of hydrogen-bond acceptors (Lipinski definition) is 6. The van der Waals surface area contributed by atoms with Gasteiger partial charge in [0, 0.05) is 30.8 Å². The van der Waals surface area contributed by atoms with Gasteiger partial charge in [0.2, 0.25) is 0 Å². The Morgan fingerprint density at radius 3 is 2.96 bits per heavy atom. The van der Waals surface area contributed by atoms with Gasteiger partial charge in [0.15, 0.2) is 11.5 Å². The number of phenols is 1. The number of fused-ring (bicyclic) bond motifs is 2. The molecule has 0 fully saturated rings. The molecule has 2 aromatic heterocycles. The summed E-state index contributed by atoms with van der Waals surface area (Å²) in [4.78, 5) is 7.09. The molecule has 3 heterocycles. The third kappa shape index (κ3) is 3.32. The van der Waals surface area contributed by atoms with E-state index in [1.807, 2.05) is 18.2 Å². The first-order chi connectivity index (χ1) is 13.3. The normalized spacial score (nSPS) is 14.7. The van der Waals surface area contributed by atoms with E-state index >= 15 is 0 Å². The highest BCUT2D eigenvalue weighted by Crippen LogP contribution is 2.39. The summed E-state index contributed by atoms with van der Waals surface area (Å²) in [5, 5.41) is 15.8. The maximum absolute atomic E-state index is 10.6. The Bertz CT molecular complexity index is 1060. The number of ether oxygens (including phenoxy) is 1. The summed E-state index contributed by atoms with van der Waals surface area (Å²) in [5.74, 6) is 0.798. The van der Waals surface area contributed by atoms with Crippen molar-refractivity contribution in [2.45, 2.75) is 13.1 Å². The minimum absolute atomic E-state index is 0.194. The standard InChI is InChI=1S/C21H18N2O2S2/c24-18-10-15(21-22-17-3-1-2-4-19(17)27-21)9-16-12-23(6-7-25-20(16)18)11-14-5-8-26-13-14/h1-5,8-10,13,24H,6-7,11-12H2. The van der Waals surface area contributed by atoms with E-state index in [-0.39, 0.29) is 5.75 Å². The van der Waals surface area contributed by atoms with Crippen molar-refractivity contribution in [2.24, 2.45) is 0 Å². The summed E-state index contributed by atoms with van der Waals surface area (Å²) >= 11 is 3.36. The lowest BCUT2D eigenvalue weighted by molar-refractivity contribution is 0.217. The molecule has 4 aromatic rings. The van der Waals surface area contributed by atoms with Crippen LogP contribution in [0.5, 0.6) is 11.5 Å². The Hall–Kier alpha value is -2.41. The number of para-hydroxylation sites is 1. The zero-order valence-electron chi connectivity index (χ0n) is 14.6. The highest BCUT2D eigenvalue weighted by atomic mass is 32.1. The summed E-state index contributed by atoms with van der Waals surface area (Å²) in [6.07, 6.45) is 0. The van der Waals surface area contributed by atoms with Gasteiger partial charge in [-0.2, -0.15) is 11.3 Å². The van der Waals surface area contributed by atoms with Crippen molar-refractivity contribution in [3.8, 4) is 22.1 Å². The lowest BCUT2D eigenvalue weighted by Crippen LogP contribution is -2.24. The van der Waals surface area contributed by atoms with E-state index in [2.05, 4.69) is 33.9 Å². The number of rotatable bonds is 3. The molecule has 0 aliphatic carbocycles. The van der Waals surface area contributed by atoms with Gasteiger partial charge in [-0.25, -0.2) is 4.98 Å². The molecule has 0 amide bonds. The van der Waals surface area contributed by atoms with E-state index in [0.29, 0.717) is 12.4 Å². The minimum atomic E-state index is 0.194. The maximum Gasteiger partial charge on any atom is 0.165 e. The highest BCUT2D eigenvalue weighted by Gasteiger charge is 2.21. The monoisotopic (exact) mass is 394 g/mol. The van der Waals surface area contributed by atoms with Crippen molar-refractivity contribution in [3.05, 3.63) is 64.4 Å². The SMILES string of the molecule is Oc1cc(-c2nc3ccccc3s2)cc2c1OCCN(Cc1ccsc1)C2. The largest absolute Gasteiger partial charge is 0.504 e. The molecular formula is C21H18N2O2S2. The first-order valence-corrected chi connectivity index (χ1v) is 10.6. The molecule has 27 heavy (non-hydrogen) atoms. The number of hydrogen-bond donors (Lipinski definition) is 1. The molecule has 1 aliphatic rings. The van der Waals surface area contributed by atoms with Crippen molar-refractivity contribution in [2.75, 3.05) is 13.2 Å². The van der Waals surface area contributed by atoms with Crippen LogP contribution >= 0.6 is 22.7 Å². The van der Waals surface area contributed by atoms with Gasteiger partial charge in [-0.1, -0.05) is 12.1 Å². The van der Waals surface area contributed by atoms with Gasteiger partial charge in [0.05, 0.1) is 10.2 Å². The van der Waals surface area contributed by atoms with E-state index in [0.717, 1.165) is 46.0 Å². The van der Waals surface area contributed by atoms with Gasteiger partial charge in [-0.3, -0.25) is 4.90 Å². The molecule has 2 aromatic carbocycles. The van der Waals surface area contributed by atoms with Crippen LogP contribution in [0.3, 0.4) is 0 Å². The lowest BCUT2D eigenvalue weighted by atomic mass is 10.1. The van der Waals surface area contributed by atoms with Crippen molar-refractivity contribution in [1.82, 2.24) is 9.88 Å². The van der Waals surface area contributed by atoms with Crippen LogP contribution in [0.1, 0.15) is 11.1 Å². The first kappa shape index (κ1) is 16.7. The van der Waals surface area contributed by atoms with E-state index in [1.54, 1.807) is 28.7 Å². The minimum Gasteiger partial charge on any atom is -0.504 e. The van der Waals surface area contributed by atoms with Gasteiger partial charge < -0.3 is 9.84 Å². The van der Waals surface area contributed by atoms with Crippen molar-refractivity contribution in [1.29, 1.82) is 0 Å². The summed E-state index contributed by atoms with van der Waals surface area (Å²) in [5.41, 5.74) is 4.25. The quantitative estimate of drug-likeness (QED) is 0.524. The molecule has 0 atom stereocenters. The van der Waals surface area contributed by atoms with Gasteiger partial charge in [0.1, 0.15) is 11.6 Å². The Labute approximate surface area is 165 Å². The van der Waals surface area contributed by atoms with Crippen LogP contribution < -0.4 is 4.74 Å². The Kier molecular flexibility index (Phi) is 4.32. The van der Waals surface area contributed by atoms with Crippen LogP contribution in [0.25, 0.3) is 20.8 Å². The second-order valence-corrected chi connectivity index (χ2v) is 8.47. The maximum atomic E-state index is 10.6. The number of aromatic hydroxyl groups is 1. The molecule has 1 aliphatic heterocycles. The van der Waals surface area contributed by atoms with Gasteiger partial charge in [-0.05, 0) is 46.7 Å². The number of aromatic nitrogens is 1. The molecule has 5 rings (SSSR count). The molecule has 0 bridgehead atoms. The van der Waals surface area contributed by atoms with Crippen LogP contribution in [-0.2, 0) is 13.1 Å². The molecule has 0 unspecified atom stereocenters. The predicted octanol–water partition coefficient (Wildman–Crippen LogP) is 5.13. The summed E-state index contributed by atoms with van der Waals surface area (Å²) < 4.78 is 7.02. The fourth-order valence-corrected chi connectivity index (χ4v) is 5.06. The first-order valence-electron chi connectivity index (χ1n) is 8.84. The molecular weight excluding hydrogens is 376 g/mol. The molecule has 0 saturated carbocycles. The fourth-order valence-electron chi connectivity index (χ4n) is 3.45. The van der Waals surface area contributed by atoms with Crippen LogP contribution in [-0.4, -0.2) is 28.1 Å². The lowest BCUT2D eigenvalue weighted by Gasteiger charge is -2.18. The van der Waals surface area contributed by atoms with Crippen molar-refractivity contribution < 1.29 is 9.84 Å². The van der Waals surface area contributed by atoms with Gasteiger partial charge >= 0.3 is 0 Å². The topological polar surface area (TPSA) is 45.6 Å². The number of nitrogens with zero attached hydrogens (tertiary/aromatic N) is 2. The smallest absolute Gasteiger partial charge is 0.165 e. The Balaban J connectivity index is 1.51.